The van der Waals surface area contributed by atoms with E-state index in [1.807, 2.05) is 13.8 Å². The summed E-state index contributed by atoms with van der Waals surface area (Å²) in [4.78, 5) is 0. The van der Waals surface area contributed by atoms with E-state index in [4.69, 9.17) is 15.9 Å². The summed E-state index contributed by atoms with van der Waals surface area (Å²) in [5.74, 6) is 0. The Balaban J connectivity index is 4.42. The van der Waals surface area contributed by atoms with E-state index in [1.165, 1.54) is 0 Å². The maximum absolute atomic E-state index is 6.26. The van der Waals surface area contributed by atoms with Gasteiger partial charge in [-0.1, -0.05) is 20.8 Å². The van der Waals surface area contributed by atoms with E-state index in [-0.39, 0.29) is 5.04 Å². The minimum atomic E-state index is -1.84. The summed E-state index contributed by atoms with van der Waals surface area (Å²) in [6, 6.07) is 1.12. The highest BCUT2D eigenvalue weighted by molar-refractivity contribution is 6.75. The van der Waals surface area contributed by atoms with Crippen molar-refractivity contribution in [3.8, 4) is 0 Å². The van der Waals surface area contributed by atoms with Crippen LogP contribution >= 0.6 is 0 Å². The Labute approximate surface area is 114 Å². The van der Waals surface area contributed by atoms with E-state index in [0.717, 1.165) is 25.6 Å². The van der Waals surface area contributed by atoms with Gasteiger partial charge in [0.05, 0.1) is 5.72 Å². The van der Waals surface area contributed by atoms with Crippen LogP contribution in [-0.2, 0) is 4.43 Å². The monoisotopic (exact) mass is 275 g/mol. The predicted molar refractivity (Wildman–Crippen MR) is 82.0 cm³/mol. The number of nitrogens with two attached hydrogens (primary N) is 2. The van der Waals surface area contributed by atoms with E-state index in [0.29, 0.717) is 6.54 Å². The quantitative estimate of drug-likeness (QED) is 0.360. The van der Waals surface area contributed by atoms with Gasteiger partial charge in [0, 0.05) is 13.1 Å². The summed E-state index contributed by atoms with van der Waals surface area (Å²) >= 11 is 0. The van der Waals surface area contributed by atoms with Crippen molar-refractivity contribution in [3.63, 3.8) is 0 Å². The lowest BCUT2D eigenvalue weighted by atomic mass is 10.2. The molecule has 5 heteroatoms. The first-order valence-corrected chi connectivity index (χ1v) is 9.53. The Kier molecular flexibility index (Phi) is 7.03. The van der Waals surface area contributed by atoms with Crippen LogP contribution in [0.2, 0.25) is 17.6 Å². The second-order valence-corrected chi connectivity index (χ2v) is 11.5. The van der Waals surface area contributed by atoms with Crippen molar-refractivity contribution in [2.75, 3.05) is 19.6 Å². The highest BCUT2D eigenvalue weighted by Gasteiger charge is 2.44. The summed E-state index contributed by atoms with van der Waals surface area (Å²) in [5.41, 5.74) is 11.0. The third kappa shape index (κ3) is 6.85. The molecule has 0 bridgehead atoms. The molecule has 0 aromatic carbocycles. The molecule has 110 valence electrons. The van der Waals surface area contributed by atoms with Gasteiger partial charge >= 0.3 is 0 Å². The zero-order valence-electron chi connectivity index (χ0n) is 13.1. The van der Waals surface area contributed by atoms with E-state index in [2.05, 4.69) is 32.6 Å². The molecule has 0 saturated heterocycles. The number of nitrogens with one attached hydrogen (secondary N) is 1. The second-order valence-electron chi connectivity index (χ2n) is 6.83. The molecular formula is C13H33N3OSi. The van der Waals surface area contributed by atoms with Gasteiger partial charge in [-0.2, -0.15) is 0 Å². The molecule has 0 aliphatic carbocycles. The molecule has 0 rings (SSSR count). The van der Waals surface area contributed by atoms with Crippen LogP contribution in [0.25, 0.3) is 0 Å². The molecule has 0 aliphatic heterocycles. The fourth-order valence-corrected chi connectivity index (χ4v) is 5.11. The van der Waals surface area contributed by atoms with Crippen molar-refractivity contribution in [2.24, 2.45) is 11.5 Å². The fraction of sp³-hybridized carbons (Fsp3) is 1.00. The van der Waals surface area contributed by atoms with Crippen molar-refractivity contribution in [2.45, 2.75) is 64.4 Å². The lowest BCUT2D eigenvalue weighted by Crippen LogP contribution is -2.53. The Morgan fingerprint density at radius 1 is 1.11 bits per heavy atom. The van der Waals surface area contributed by atoms with Crippen molar-refractivity contribution >= 4 is 8.32 Å². The number of hydrogen-bond acceptors (Lipinski definition) is 4. The van der Waals surface area contributed by atoms with Crippen LogP contribution < -0.4 is 16.8 Å². The van der Waals surface area contributed by atoms with Crippen LogP contribution in [0.3, 0.4) is 0 Å². The molecule has 0 fully saturated rings. The SMILES string of the molecule is CC(C)(N)O[Si](C)(CCCNCCN)C(C)(C)C. The van der Waals surface area contributed by atoms with Gasteiger partial charge in [0.15, 0.2) is 8.32 Å². The molecule has 0 aromatic rings. The lowest BCUT2D eigenvalue weighted by Gasteiger charge is -2.44. The highest BCUT2D eigenvalue weighted by atomic mass is 28.4. The topological polar surface area (TPSA) is 73.3 Å². The third-order valence-electron chi connectivity index (χ3n) is 3.40. The Bertz CT molecular complexity index is 235. The molecule has 1 unspecified atom stereocenters. The summed E-state index contributed by atoms with van der Waals surface area (Å²) in [6.07, 6.45) is 1.12. The van der Waals surface area contributed by atoms with Crippen LogP contribution in [0.15, 0.2) is 0 Å². The average molecular weight is 276 g/mol. The molecule has 0 aromatic heterocycles. The first-order chi connectivity index (χ1) is 8.02. The zero-order valence-corrected chi connectivity index (χ0v) is 14.1. The molecule has 0 heterocycles. The third-order valence-corrected chi connectivity index (χ3v) is 8.86. The van der Waals surface area contributed by atoms with Gasteiger partial charge in [0.25, 0.3) is 0 Å². The smallest absolute Gasteiger partial charge is 0.197 e. The Hall–Kier alpha value is 0.0569. The van der Waals surface area contributed by atoms with E-state index in [9.17, 15) is 0 Å². The van der Waals surface area contributed by atoms with Gasteiger partial charge in [-0.3, -0.25) is 0 Å². The Morgan fingerprint density at radius 3 is 2.06 bits per heavy atom. The molecule has 0 saturated carbocycles. The maximum Gasteiger partial charge on any atom is 0.197 e. The number of rotatable bonds is 8. The van der Waals surface area contributed by atoms with Crippen LogP contribution in [0.5, 0.6) is 0 Å². The van der Waals surface area contributed by atoms with Crippen LogP contribution in [0, 0.1) is 0 Å². The van der Waals surface area contributed by atoms with Gasteiger partial charge in [0.1, 0.15) is 0 Å². The molecular weight excluding hydrogens is 242 g/mol. The van der Waals surface area contributed by atoms with Gasteiger partial charge < -0.3 is 21.2 Å². The molecule has 18 heavy (non-hydrogen) atoms. The van der Waals surface area contributed by atoms with Gasteiger partial charge in [0.2, 0.25) is 0 Å². The van der Waals surface area contributed by atoms with Crippen molar-refractivity contribution in [1.29, 1.82) is 0 Å². The van der Waals surface area contributed by atoms with E-state index in [1.54, 1.807) is 0 Å². The van der Waals surface area contributed by atoms with Gasteiger partial charge in [-0.25, -0.2) is 0 Å². The van der Waals surface area contributed by atoms with Crippen LogP contribution in [0.4, 0.5) is 0 Å². The van der Waals surface area contributed by atoms with Crippen LogP contribution in [0.1, 0.15) is 41.0 Å². The molecule has 5 N–H and O–H groups in total. The fourth-order valence-electron chi connectivity index (χ4n) is 1.94. The van der Waals surface area contributed by atoms with Gasteiger partial charge in [-0.05, 0) is 44.4 Å². The Morgan fingerprint density at radius 2 is 1.67 bits per heavy atom. The second kappa shape index (κ2) is 7.00. The van der Waals surface area contributed by atoms with Crippen molar-refractivity contribution in [3.05, 3.63) is 0 Å². The molecule has 0 spiro atoms. The summed E-state index contributed by atoms with van der Waals surface area (Å²) in [7, 11) is -1.84. The van der Waals surface area contributed by atoms with E-state index < -0.39 is 14.0 Å². The molecule has 0 aliphatic rings. The first-order valence-electron chi connectivity index (χ1n) is 6.92. The van der Waals surface area contributed by atoms with Crippen molar-refractivity contribution < 1.29 is 4.43 Å². The van der Waals surface area contributed by atoms with Crippen LogP contribution in [-0.4, -0.2) is 33.7 Å². The zero-order chi connectivity index (χ0) is 14.4. The minimum Gasteiger partial charge on any atom is -0.400 e. The summed E-state index contributed by atoms with van der Waals surface area (Å²) in [6.45, 7) is 15.5. The standard InChI is InChI=1S/C13H33N3OSi/c1-12(2,3)18(6,17-13(4,5)15)11-7-9-16-10-8-14/h16H,7-11,14-15H2,1-6H3. The minimum absolute atomic E-state index is 0.192. The van der Waals surface area contributed by atoms with E-state index >= 15 is 0 Å². The normalized spacial score (nSPS) is 16.7. The molecule has 0 amide bonds. The first kappa shape index (κ1) is 18.1. The summed E-state index contributed by atoms with van der Waals surface area (Å²) < 4.78 is 6.26. The molecule has 1 atom stereocenters. The number of hydrogen-bond donors (Lipinski definition) is 3. The lowest BCUT2D eigenvalue weighted by molar-refractivity contribution is 0.0961. The average Bonchev–Trinajstić information content (AvgIpc) is 2.13. The van der Waals surface area contributed by atoms with Gasteiger partial charge in [-0.15, -0.1) is 0 Å². The molecule has 4 nitrogen and oxygen atoms in total. The molecule has 0 radical (unpaired) electrons. The van der Waals surface area contributed by atoms with Crippen molar-refractivity contribution in [1.82, 2.24) is 5.32 Å². The largest absolute Gasteiger partial charge is 0.400 e. The summed E-state index contributed by atoms with van der Waals surface area (Å²) in [5, 5.41) is 3.52. The highest BCUT2D eigenvalue weighted by Crippen LogP contribution is 2.41. The predicted octanol–water partition coefficient (Wildman–Crippen LogP) is 2.01. The maximum atomic E-state index is 6.26.